The van der Waals surface area contributed by atoms with Crippen molar-refractivity contribution in [2.45, 2.75) is 17.2 Å². The first-order chi connectivity index (χ1) is 11.5. The summed E-state index contributed by atoms with van der Waals surface area (Å²) in [5, 5.41) is 18.2. The molecule has 0 fully saturated rings. The van der Waals surface area contributed by atoms with Crippen molar-refractivity contribution in [3.05, 3.63) is 47.5 Å². The molecule has 0 aliphatic heterocycles. The monoisotopic (exact) mass is 338 g/mol. The van der Waals surface area contributed by atoms with Crippen LogP contribution in [0.1, 0.15) is 18.1 Å². The van der Waals surface area contributed by atoms with Gasteiger partial charge in [-0.05, 0) is 25.1 Å². The third-order valence-corrected chi connectivity index (χ3v) is 4.54. The van der Waals surface area contributed by atoms with Crippen LogP contribution in [0.4, 0.5) is 11.5 Å². The molecule has 1 aromatic carbocycles. The Morgan fingerprint density at radius 2 is 1.88 bits per heavy atom. The third kappa shape index (κ3) is 3.65. The van der Waals surface area contributed by atoms with Crippen molar-refractivity contribution < 1.29 is 9.78 Å². The maximum absolute atomic E-state index is 12.6. The summed E-state index contributed by atoms with van der Waals surface area (Å²) in [6, 6.07) is 14.7. The lowest BCUT2D eigenvalue weighted by atomic mass is 10.2. The molecule has 3 N–H and O–H groups in total. The van der Waals surface area contributed by atoms with Gasteiger partial charge in [0.25, 0.3) is 5.82 Å². The highest BCUT2D eigenvalue weighted by Crippen LogP contribution is 2.26. The van der Waals surface area contributed by atoms with E-state index < -0.39 is 5.25 Å². The minimum absolute atomic E-state index is 0.105. The van der Waals surface area contributed by atoms with E-state index in [-0.39, 0.29) is 22.9 Å². The van der Waals surface area contributed by atoms with Gasteiger partial charge in [-0.15, -0.1) is 0 Å². The third-order valence-electron chi connectivity index (χ3n) is 3.43. The van der Waals surface area contributed by atoms with Gasteiger partial charge < -0.3 is 4.90 Å². The molecular weight excluding hydrogens is 322 g/mol. The molecule has 1 atom stereocenters. The number of carbonyl (C=O) groups excluding carboxylic acids is 1. The summed E-state index contributed by atoms with van der Waals surface area (Å²) >= 11 is 1.20. The molecule has 0 saturated carbocycles. The van der Waals surface area contributed by atoms with Crippen LogP contribution in [0, 0.1) is 22.7 Å². The summed E-state index contributed by atoms with van der Waals surface area (Å²) in [5.74, 6) is 0.0708. The number of pyridine rings is 1. The number of nitrogens with one attached hydrogen (secondary N) is 1. The van der Waals surface area contributed by atoms with E-state index in [0.717, 1.165) is 5.69 Å². The number of para-hydroxylation sites is 1. The van der Waals surface area contributed by atoms with Gasteiger partial charge in [-0.3, -0.25) is 10.5 Å². The lowest BCUT2D eigenvalue weighted by Crippen LogP contribution is -2.33. The molecule has 0 aliphatic carbocycles. The Balaban J connectivity index is 2.22. The number of aromatic amines is 1. The lowest BCUT2D eigenvalue weighted by Gasteiger charge is -2.20. The molecule has 0 radical (unpaired) electrons. The molecule has 0 spiro atoms. The fourth-order valence-electron chi connectivity index (χ4n) is 2.09. The van der Waals surface area contributed by atoms with Gasteiger partial charge in [-0.25, -0.2) is 4.98 Å². The molecule has 2 aromatic rings. The van der Waals surface area contributed by atoms with Gasteiger partial charge >= 0.3 is 0 Å². The second-order valence-corrected chi connectivity index (χ2v) is 6.41. The highest BCUT2D eigenvalue weighted by Gasteiger charge is 2.24. The zero-order valence-electron chi connectivity index (χ0n) is 13.3. The SMILES string of the molecule is C[C@@H](Sc1[nH+]c(N)c(C#N)cc1C#N)C(=O)N(C)c1ccccc1. The van der Waals surface area contributed by atoms with Gasteiger partial charge in [-0.1, -0.05) is 30.0 Å². The topological polar surface area (TPSA) is 108 Å². The summed E-state index contributed by atoms with van der Waals surface area (Å²) < 4.78 is 0. The number of carbonyl (C=O) groups is 1. The molecule has 0 aliphatic rings. The molecular formula is C17H16N5OS+. The summed E-state index contributed by atoms with van der Waals surface area (Å²) in [4.78, 5) is 17.0. The number of aromatic nitrogens is 1. The molecule has 0 saturated heterocycles. The number of benzene rings is 1. The van der Waals surface area contributed by atoms with Crippen LogP contribution < -0.4 is 15.6 Å². The van der Waals surface area contributed by atoms with Crippen LogP contribution in [0.25, 0.3) is 0 Å². The Kier molecular flexibility index (Phi) is 5.41. The van der Waals surface area contributed by atoms with Gasteiger partial charge in [0.15, 0.2) is 5.03 Å². The van der Waals surface area contributed by atoms with Crippen molar-refractivity contribution in [2.24, 2.45) is 0 Å². The highest BCUT2D eigenvalue weighted by atomic mass is 32.2. The molecule has 120 valence electrons. The first-order valence-electron chi connectivity index (χ1n) is 7.13. The molecule has 1 aromatic heterocycles. The number of nitrogens with zero attached hydrogens (tertiary/aromatic N) is 3. The van der Waals surface area contributed by atoms with Crippen molar-refractivity contribution in [3.63, 3.8) is 0 Å². The summed E-state index contributed by atoms with van der Waals surface area (Å²) in [7, 11) is 1.71. The number of thioether (sulfide) groups is 1. The number of nitrogens with two attached hydrogens (primary N) is 1. The Morgan fingerprint density at radius 3 is 2.46 bits per heavy atom. The zero-order valence-corrected chi connectivity index (χ0v) is 14.1. The van der Waals surface area contributed by atoms with Gasteiger partial charge in [-0.2, -0.15) is 10.5 Å². The van der Waals surface area contributed by atoms with E-state index in [0.29, 0.717) is 5.03 Å². The normalized spacial score (nSPS) is 11.2. The van der Waals surface area contributed by atoms with E-state index >= 15 is 0 Å². The van der Waals surface area contributed by atoms with E-state index in [1.165, 1.54) is 17.8 Å². The first kappa shape index (κ1) is 17.3. The Hall–Kier alpha value is -3.03. The van der Waals surface area contributed by atoms with Gasteiger partial charge in [0.1, 0.15) is 23.3 Å². The van der Waals surface area contributed by atoms with Gasteiger partial charge in [0, 0.05) is 12.7 Å². The average molecular weight is 338 g/mol. The lowest BCUT2D eigenvalue weighted by molar-refractivity contribution is -0.410. The molecule has 2 rings (SSSR count). The average Bonchev–Trinajstić information content (AvgIpc) is 2.61. The van der Waals surface area contributed by atoms with E-state index in [4.69, 9.17) is 11.0 Å². The van der Waals surface area contributed by atoms with Crippen LogP contribution in [0.5, 0.6) is 0 Å². The van der Waals surface area contributed by atoms with Crippen LogP contribution in [0.3, 0.4) is 0 Å². The number of nitriles is 2. The van der Waals surface area contributed by atoms with E-state index in [2.05, 4.69) is 4.98 Å². The molecule has 24 heavy (non-hydrogen) atoms. The Labute approximate surface area is 144 Å². The number of anilines is 2. The number of nitrogen functional groups attached to an aromatic ring is 1. The zero-order chi connectivity index (χ0) is 17.7. The van der Waals surface area contributed by atoms with Gasteiger partial charge in [0.2, 0.25) is 5.91 Å². The molecule has 1 heterocycles. The maximum atomic E-state index is 12.6. The van der Waals surface area contributed by atoms with Crippen molar-refractivity contribution in [1.29, 1.82) is 10.5 Å². The Bertz CT molecular complexity index is 839. The fraction of sp³-hybridized carbons (Fsp3) is 0.176. The minimum atomic E-state index is -0.439. The number of rotatable bonds is 4. The standard InChI is InChI=1S/C17H15N5OS/c1-11(17(23)22(2)14-6-4-3-5-7-14)24-16-13(10-19)8-12(9-18)15(20)21-16/h3-8,11H,1-2H3,(H2,20,21)/p+1/t11-/m1/s1. The number of amides is 1. The second-order valence-electron chi connectivity index (χ2n) is 5.06. The van der Waals surface area contributed by atoms with Crippen molar-refractivity contribution in [3.8, 4) is 12.1 Å². The molecule has 0 unspecified atom stereocenters. The summed E-state index contributed by atoms with van der Waals surface area (Å²) in [5.41, 5.74) is 7.04. The first-order valence-corrected chi connectivity index (χ1v) is 8.01. The predicted molar refractivity (Wildman–Crippen MR) is 92.0 cm³/mol. The maximum Gasteiger partial charge on any atom is 0.289 e. The molecule has 0 bridgehead atoms. The van der Waals surface area contributed by atoms with Crippen LogP contribution in [-0.2, 0) is 4.79 Å². The summed E-state index contributed by atoms with van der Waals surface area (Å²) in [6.07, 6.45) is 0. The van der Waals surface area contributed by atoms with Crippen LogP contribution in [0.2, 0.25) is 0 Å². The second kappa shape index (κ2) is 7.49. The number of hydrogen-bond donors (Lipinski definition) is 1. The van der Waals surface area contributed by atoms with E-state index in [1.807, 2.05) is 42.5 Å². The fourth-order valence-corrected chi connectivity index (χ4v) is 3.10. The number of H-pyrrole nitrogens is 1. The van der Waals surface area contributed by atoms with E-state index in [1.54, 1.807) is 18.9 Å². The number of hydrogen-bond acceptors (Lipinski definition) is 5. The minimum Gasteiger partial charge on any atom is -0.315 e. The van der Waals surface area contributed by atoms with Crippen LogP contribution in [-0.4, -0.2) is 18.2 Å². The predicted octanol–water partition coefficient (Wildman–Crippen LogP) is 1.97. The quantitative estimate of drug-likeness (QED) is 0.857. The molecule has 1 amide bonds. The van der Waals surface area contributed by atoms with Crippen LogP contribution >= 0.6 is 11.8 Å². The summed E-state index contributed by atoms with van der Waals surface area (Å²) in [6.45, 7) is 1.76. The largest absolute Gasteiger partial charge is 0.315 e. The van der Waals surface area contributed by atoms with Crippen molar-refractivity contribution in [2.75, 3.05) is 17.7 Å². The molecule has 7 heteroatoms. The molecule has 6 nitrogen and oxygen atoms in total. The van der Waals surface area contributed by atoms with Gasteiger partial charge in [0.05, 0.1) is 5.25 Å². The van der Waals surface area contributed by atoms with Crippen molar-refractivity contribution in [1.82, 2.24) is 0 Å². The van der Waals surface area contributed by atoms with Crippen molar-refractivity contribution >= 4 is 29.2 Å². The Morgan fingerprint density at radius 1 is 1.25 bits per heavy atom. The smallest absolute Gasteiger partial charge is 0.289 e. The van der Waals surface area contributed by atoms with E-state index in [9.17, 15) is 10.1 Å². The highest BCUT2D eigenvalue weighted by molar-refractivity contribution is 8.00. The van der Waals surface area contributed by atoms with Crippen LogP contribution in [0.15, 0.2) is 41.4 Å².